The summed E-state index contributed by atoms with van der Waals surface area (Å²) in [5.41, 5.74) is 8.54. The summed E-state index contributed by atoms with van der Waals surface area (Å²) < 4.78 is 1.38. The van der Waals surface area contributed by atoms with E-state index in [2.05, 4.69) is 20.3 Å². The van der Waals surface area contributed by atoms with Crippen molar-refractivity contribution < 1.29 is 9.59 Å². The fourth-order valence-electron chi connectivity index (χ4n) is 2.88. The largest absolute Gasteiger partial charge is 0.364 e. The van der Waals surface area contributed by atoms with E-state index < -0.39 is 11.8 Å². The highest BCUT2D eigenvalue weighted by atomic mass is 16.2. The Hall–Kier alpha value is -3.94. The molecule has 0 radical (unpaired) electrons. The van der Waals surface area contributed by atoms with Crippen molar-refractivity contribution in [2.24, 2.45) is 5.73 Å². The summed E-state index contributed by atoms with van der Waals surface area (Å²) in [7, 11) is 0. The van der Waals surface area contributed by atoms with Gasteiger partial charge in [-0.15, -0.1) is 0 Å². The molecule has 2 heterocycles. The van der Waals surface area contributed by atoms with E-state index in [4.69, 9.17) is 5.73 Å². The van der Waals surface area contributed by atoms with Crippen LogP contribution < -0.4 is 11.1 Å². The molecule has 0 unspecified atom stereocenters. The molecule has 4 aromatic rings. The number of benzene rings is 2. The first-order valence-electron chi connectivity index (χ1n) is 8.23. The van der Waals surface area contributed by atoms with Gasteiger partial charge in [0, 0.05) is 5.69 Å². The van der Waals surface area contributed by atoms with E-state index in [1.807, 2.05) is 49.4 Å². The number of rotatable bonds is 4. The molecule has 0 bridgehead atoms. The number of aryl methyl sites for hydroxylation is 1. The topological polar surface area (TPSA) is 119 Å². The van der Waals surface area contributed by atoms with E-state index in [1.54, 1.807) is 6.07 Å². The Morgan fingerprint density at radius 2 is 1.96 bits per heavy atom. The Morgan fingerprint density at radius 3 is 2.70 bits per heavy atom. The summed E-state index contributed by atoms with van der Waals surface area (Å²) >= 11 is 0. The minimum absolute atomic E-state index is 0.0424. The second kappa shape index (κ2) is 6.41. The minimum atomic E-state index is -0.776. The second-order valence-corrected chi connectivity index (χ2v) is 6.08. The first-order chi connectivity index (χ1) is 13.0. The van der Waals surface area contributed by atoms with Crippen molar-refractivity contribution in [1.82, 2.24) is 19.5 Å². The van der Waals surface area contributed by atoms with Gasteiger partial charge in [0.15, 0.2) is 5.69 Å². The molecular formula is C19H16N6O2. The minimum Gasteiger partial charge on any atom is -0.364 e. The lowest BCUT2D eigenvalue weighted by Gasteiger charge is -2.06. The first kappa shape index (κ1) is 16.5. The van der Waals surface area contributed by atoms with Gasteiger partial charge < -0.3 is 16.0 Å². The Bertz CT molecular complexity index is 1140. The van der Waals surface area contributed by atoms with E-state index in [0.29, 0.717) is 11.6 Å². The van der Waals surface area contributed by atoms with E-state index in [0.717, 1.165) is 16.6 Å². The van der Waals surface area contributed by atoms with Gasteiger partial charge in [0.2, 0.25) is 5.95 Å². The third-order valence-corrected chi connectivity index (χ3v) is 4.10. The van der Waals surface area contributed by atoms with E-state index in [9.17, 15) is 9.59 Å². The molecule has 134 valence electrons. The average molecular weight is 360 g/mol. The number of nitrogens with one attached hydrogen (secondary N) is 2. The molecule has 0 atom stereocenters. The van der Waals surface area contributed by atoms with Crippen LogP contribution in [0.25, 0.3) is 17.0 Å². The summed E-state index contributed by atoms with van der Waals surface area (Å²) in [6.07, 6.45) is 1.35. The van der Waals surface area contributed by atoms with Gasteiger partial charge in [-0.1, -0.05) is 24.3 Å². The number of carbonyl (C=O) groups is 2. The van der Waals surface area contributed by atoms with Crippen LogP contribution in [-0.2, 0) is 0 Å². The molecule has 4 rings (SSSR count). The van der Waals surface area contributed by atoms with Crippen LogP contribution in [0.3, 0.4) is 0 Å². The van der Waals surface area contributed by atoms with Crippen molar-refractivity contribution in [1.29, 1.82) is 0 Å². The Morgan fingerprint density at radius 1 is 1.15 bits per heavy atom. The molecule has 0 saturated heterocycles. The molecule has 8 heteroatoms. The number of fused-ring (bicyclic) bond motifs is 1. The Kier molecular flexibility index (Phi) is 3.92. The molecule has 0 aliphatic carbocycles. The quantitative estimate of drug-likeness (QED) is 0.518. The smallest absolute Gasteiger partial charge is 0.276 e. The fourth-order valence-corrected chi connectivity index (χ4v) is 2.88. The van der Waals surface area contributed by atoms with E-state index in [1.165, 1.54) is 10.9 Å². The number of amides is 2. The SMILES string of the molecule is Cc1cccc(NC(=O)c2ncn(-c3nc4ccccc4[nH]3)c2C(N)=O)c1. The van der Waals surface area contributed by atoms with Crippen molar-refractivity contribution >= 4 is 28.5 Å². The third-order valence-electron chi connectivity index (χ3n) is 4.10. The number of imidazole rings is 2. The predicted octanol–water partition coefficient (Wildman–Crippen LogP) is 2.41. The van der Waals surface area contributed by atoms with Crippen LogP contribution in [0.5, 0.6) is 0 Å². The number of carbonyl (C=O) groups excluding carboxylic acids is 2. The van der Waals surface area contributed by atoms with Crippen molar-refractivity contribution in [3.8, 4) is 5.95 Å². The second-order valence-electron chi connectivity index (χ2n) is 6.08. The highest BCUT2D eigenvalue weighted by Gasteiger charge is 2.24. The number of nitrogens with zero attached hydrogens (tertiary/aromatic N) is 3. The monoisotopic (exact) mass is 360 g/mol. The summed E-state index contributed by atoms with van der Waals surface area (Å²) in [6, 6.07) is 14.7. The van der Waals surface area contributed by atoms with Crippen LogP contribution in [0.4, 0.5) is 5.69 Å². The maximum atomic E-state index is 12.6. The molecule has 2 amide bonds. The zero-order chi connectivity index (χ0) is 19.0. The normalized spacial score (nSPS) is 10.9. The lowest BCUT2D eigenvalue weighted by molar-refractivity contribution is 0.0970. The van der Waals surface area contributed by atoms with Gasteiger partial charge in [-0.3, -0.25) is 14.2 Å². The van der Waals surface area contributed by atoms with Crippen LogP contribution in [0.2, 0.25) is 0 Å². The predicted molar refractivity (Wildman–Crippen MR) is 101 cm³/mol. The lowest BCUT2D eigenvalue weighted by Crippen LogP contribution is -2.23. The van der Waals surface area contributed by atoms with Gasteiger partial charge >= 0.3 is 0 Å². The highest BCUT2D eigenvalue weighted by molar-refractivity contribution is 6.10. The third kappa shape index (κ3) is 3.04. The van der Waals surface area contributed by atoms with Crippen LogP contribution in [0, 0.1) is 6.92 Å². The molecule has 8 nitrogen and oxygen atoms in total. The summed E-state index contributed by atoms with van der Waals surface area (Å²) in [5, 5.41) is 2.73. The van der Waals surface area contributed by atoms with Gasteiger partial charge in [-0.05, 0) is 36.8 Å². The van der Waals surface area contributed by atoms with Crippen molar-refractivity contribution in [3.63, 3.8) is 0 Å². The highest BCUT2D eigenvalue weighted by Crippen LogP contribution is 2.18. The number of anilines is 1. The zero-order valence-electron chi connectivity index (χ0n) is 14.4. The number of hydrogen-bond donors (Lipinski definition) is 3. The molecule has 4 N–H and O–H groups in total. The number of primary amides is 1. The average Bonchev–Trinajstić information content (AvgIpc) is 3.25. The Balaban J connectivity index is 1.74. The molecule has 0 saturated carbocycles. The van der Waals surface area contributed by atoms with Gasteiger partial charge in [-0.25, -0.2) is 9.97 Å². The number of para-hydroxylation sites is 2. The fraction of sp³-hybridized carbons (Fsp3) is 0.0526. The van der Waals surface area contributed by atoms with Crippen LogP contribution in [0.1, 0.15) is 26.5 Å². The van der Waals surface area contributed by atoms with Crippen LogP contribution >= 0.6 is 0 Å². The molecular weight excluding hydrogens is 344 g/mol. The van der Waals surface area contributed by atoms with Crippen molar-refractivity contribution in [3.05, 3.63) is 71.8 Å². The standard InChI is InChI=1S/C19H16N6O2/c1-11-5-4-6-12(9-11)22-18(27)15-16(17(20)26)25(10-21-15)19-23-13-7-2-3-8-14(13)24-19/h2-10H,1H3,(H2,20,26)(H,22,27)(H,23,24). The van der Waals surface area contributed by atoms with Crippen molar-refractivity contribution in [2.45, 2.75) is 6.92 Å². The number of aromatic amines is 1. The molecule has 0 fully saturated rings. The molecule has 0 aliphatic heterocycles. The molecule has 2 aromatic carbocycles. The van der Waals surface area contributed by atoms with E-state index >= 15 is 0 Å². The van der Waals surface area contributed by atoms with Crippen LogP contribution in [-0.4, -0.2) is 31.3 Å². The number of aromatic nitrogens is 4. The molecule has 27 heavy (non-hydrogen) atoms. The Labute approximate surface area is 154 Å². The van der Waals surface area contributed by atoms with Gasteiger partial charge in [0.25, 0.3) is 11.8 Å². The molecule has 0 aliphatic rings. The van der Waals surface area contributed by atoms with Gasteiger partial charge in [0.05, 0.1) is 11.0 Å². The van der Waals surface area contributed by atoms with Crippen molar-refractivity contribution in [2.75, 3.05) is 5.32 Å². The number of hydrogen-bond acceptors (Lipinski definition) is 4. The molecule has 2 aromatic heterocycles. The van der Waals surface area contributed by atoms with Gasteiger partial charge in [0.1, 0.15) is 12.0 Å². The summed E-state index contributed by atoms with van der Waals surface area (Å²) in [6.45, 7) is 1.92. The first-order valence-corrected chi connectivity index (χ1v) is 8.23. The zero-order valence-corrected chi connectivity index (χ0v) is 14.4. The number of nitrogens with two attached hydrogens (primary N) is 1. The summed E-state index contributed by atoms with van der Waals surface area (Å²) in [5.74, 6) is -0.946. The van der Waals surface area contributed by atoms with Crippen LogP contribution in [0.15, 0.2) is 54.9 Å². The van der Waals surface area contributed by atoms with Gasteiger partial charge in [-0.2, -0.15) is 0 Å². The van der Waals surface area contributed by atoms with E-state index in [-0.39, 0.29) is 11.4 Å². The number of H-pyrrole nitrogens is 1. The maximum absolute atomic E-state index is 12.6. The maximum Gasteiger partial charge on any atom is 0.276 e. The summed E-state index contributed by atoms with van der Waals surface area (Å²) in [4.78, 5) is 36.3. The molecule has 0 spiro atoms. The lowest BCUT2D eigenvalue weighted by atomic mass is 10.2.